The number of phenols is 1. The maximum atomic E-state index is 12.1. The number of aromatic hydroxyl groups is 1. The normalized spacial score (nSPS) is 10.4. The van der Waals surface area contributed by atoms with Crippen LogP contribution in [0.4, 0.5) is 11.4 Å². The van der Waals surface area contributed by atoms with Gasteiger partial charge in [0.1, 0.15) is 5.75 Å². The molecule has 2 N–H and O–H groups in total. The van der Waals surface area contributed by atoms with E-state index in [1.54, 1.807) is 36.4 Å². The molecule has 0 radical (unpaired) electrons. The van der Waals surface area contributed by atoms with Gasteiger partial charge in [-0.1, -0.05) is 30.3 Å². The number of anilines is 1. The van der Waals surface area contributed by atoms with Gasteiger partial charge in [0.05, 0.1) is 16.0 Å². The van der Waals surface area contributed by atoms with E-state index >= 15 is 0 Å². The van der Waals surface area contributed by atoms with Gasteiger partial charge >= 0.3 is 0 Å². The summed E-state index contributed by atoms with van der Waals surface area (Å²) in [6.07, 6.45) is 0. The fourth-order valence-electron chi connectivity index (χ4n) is 2.37. The minimum absolute atomic E-state index is 0.0984. The van der Waals surface area contributed by atoms with Crippen molar-refractivity contribution in [2.75, 3.05) is 5.32 Å². The summed E-state index contributed by atoms with van der Waals surface area (Å²) in [4.78, 5) is 22.7. The van der Waals surface area contributed by atoms with Gasteiger partial charge in [-0.2, -0.15) is 0 Å². The van der Waals surface area contributed by atoms with Crippen molar-refractivity contribution in [3.8, 4) is 5.75 Å². The number of nitro groups is 1. The van der Waals surface area contributed by atoms with Crippen molar-refractivity contribution in [1.82, 2.24) is 0 Å². The first-order chi connectivity index (χ1) is 11.1. The molecular weight excluding hydrogens is 296 g/mol. The molecule has 23 heavy (non-hydrogen) atoms. The molecule has 0 saturated heterocycles. The Hall–Kier alpha value is -3.41. The van der Waals surface area contributed by atoms with E-state index in [9.17, 15) is 20.0 Å². The van der Waals surface area contributed by atoms with Gasteiger partial charge in [-0.25, -0.2) is 0 Å². The van der Waals surface area contributed by atoms with Gasteiger partial charge in [0, 0.05) is 17.0 Å². The number of hydrogen-bond donors (Lipinski definition) is 2. The van der Waals surface area contributed by atoms with E-state index in [1.165, 1.54) is 24.3 Å². The zero-order valence-electron chi connectivity index (χ0n) is 11.9. The number of fused-ring (bicyclic) bond motifs is 1. The molecule has 0 bridgehead atoms. The van der Waals surface area contributed by atoms with Gasteiger partial charge in [-0.05, 0) is 24.3 Å². The van der Waals surface area contributed by atoms with E-state index in [0.29, 0.717) is 16.3 Å². The quantitative estimate of drug-likeness (QED) is 0.438. The number of benzene rings is 3. The van der Waals surface area contributed by atoms with Gasteiger partial charge in [0.15, 0.2) is 0 Å². The van der Waals surface area contributed by atoms with Crippen molar-refractivity contribution in [2.24, 2.45) is 0 Å². The van der Waals surface area contributed by atoms with Gasteiger partial charge in [-0.15, -0.1) is 0 Å². The topological polar surface area (TPSA) is 92.5 Å². The van der Waals surface area contributed by atoms with Crippen LogP contribution in [0.15, 0.2) is 60.7 Å². The van der Waals surface area contributed by atoms with E-state index in [4.69, 9.17) is 0 Å². The van der Waals surface area contributed by atoms with Crippen molar-refractivity contribution < 1.29 is 14.8 Å². The third kappa shape index (κ3) is 2.69. The molecule has 0 aliphatic carbocycles. The highest BCUT2D eigenvalue weighted by molar-refractivity contribution is 6.08. The number of hydrogen-bond acceptors (Lipinski definition) is 4. The van der Waals surface area contributed by atoms with Crippen LogP contribution in [0.2, 0.25) is 0 Å². The predicted molar refractivity (Wildman–Crippen MR) is 86.7 cm³/mol. The van der Waals surface area contributed by atoms with Crippen LogP contribution in [-0.2, 0) is 0 Å². The Labute approximate surface area is 131 Å². The van der Waals surface area contributed by atoms with Crippen molar-refractivity contribution >= 4 is 28.1 Å². The summed E-state index contributed by atoms with van der Waals surface area (Å²) in [5.41, 5.74) is 0.552. The molecule has 3 aromatic rings. The summed E-state index contributed by atoms with van der Waals surface area (Å²) in [6, 6.07) is 15.9. The number of nitrogens with zero attached hydrogens (tertiary/aromatic N) is 1. The number of nitro benzene ring substituents is 1. The Morgan fingerprint density at radius 3 is 2.39 bits per heavy atom. The Morgan fingerprint density at radius 1 is 0.957 bits per heavy atom. The minimum Gasteiger partial charge on any atom is -0.505 e. The average molecular weight is 308 g/mol. The molecule has 0 aromatic heterocycles. The summed E-state index contributed by atoms with van der Waals surface area (Å²) in [5.74, 6) is -0.568. The molecule has 0 aliphatic heterocycles. The lowest BCUT2D eigenvalue weighted by Crippen LogP contribution is -2.11. The van der Waals surface area contributed by atoms with Gasteiger partial charge in [-0.3, -0.25) is 14.9 Å². The molecule has 0 saturated carbocycles. The standard InChI is InChI=1S/C17H12N2O4/c20-16-13-7-4-8-15(19(22)23)12(13)9-10-14(16)18-17(21)11-5-2-1-3-6-11/h1-10,20H,(H,18,21). The second-order valence-electron chi connectivity index (χ2n) is 4.91. The molecule has 0 fully saturated rings. The zero-order valence-corrected chi connectivity index (χ0v) is 11.9. The molecule has 114 valence electrons. The Morgan fingerprint density at radius 2 is 1.70 bits per heavy atom. The van der Waals surface area contributed by atoms with Crippen molar-refractivity contribution in [2.45, 2.75) is 0 Å². The lowest BCUT2D eigenvalue weighted by Gasteiger charge is -2.10. The number of carbonyl (C=O) groups is 1. The van der Waals surface area contributed by atoms with Crippen LogP contribution >= 0.6 is 0 Å². The first kappa shape index (κ1) is 14.5. The number of amides is 1. The third-order valence-electron chi connectivity index (χ3n) is 3.49. The Kier molecular flexibility index (Phi) is 3.64. The second kappa shape index (κ2) is 5.76. The van der Waals surface area contributed by atoms with Gasteiger partial charge in [0.2, 0.25) is 0 Å². The lowest BCUT2D eigenvalue weighted by molar-refractivity contribution is -0.383. The lowest BCUT2D eigenvalue weighted by atomic mass is 10.1. The SMILES string of the molecule is O=C(Nc1ccc2c([N+](=O)[O-])cccc2c1O)c1ccccc1. The first-order valence-electron chi connectivity index (χ1n) is 6.83. The molecule has 0 aliphatic rings. The molecule has 0 unspecified atom stereocenters. The van der Waals surface area contributed by atoms with E-state index in [2.05, 4.69) is 5.32 Å². The van der Waals surface area contributed by atoms with E-state index in [0.717, 1.165) is 0 Å². The fraction of sp³-hybridized carbons (Fsp3) is 0. The molecule has 6 nitrogen and oxygen atoms in total. The van der Waals surface area contributed by atoms with Crippen molar-refractivity contribution in [1.29, 1.82) is 0 Å². The summed E-state index contributed by atoms with van der Waals surface area (Å²) >= 11 is 0. The van der Waals surface area contributed by atoms with Crippen LogP contribution in [0.25, 0.3) is 10.8 Å². The van der Waals surface area contributed by atoms with Crippen LogP contribution in [0.1, 0.15) is 10.4 Å². The minimum atomic E-state index is -0.510. The van der Waals surface area contributed by atoms with Crippen LogP contribution in [0.5, 0.6) is 5.75 Å². The van der Waals surface area contributed by atoms with Gasteiger partial charge in [0.25, 0.3) is 11.6 Å². The van der Waals surface area contributed by atoms with Crippen LogP contribution in [0.3, 0.4) is 0 Å². The summed E-state index contributed by atoms with van der Waals surface area (Å²) in [7, 11) is 0. The number of carbonyl (C=O) groups excluding carboxylic acids is 1. The Balaban J connectivity index is 2.02. The van der Waals surface area contributed by atoms with E-state index in [-0.39, 0.29) is 23.0 Å². The zero-order chi connectivity index (χ0) is 16.4. The number of phenolic OH excluding ortho intramolecular Hbond substituents is 1. The summed E-state index contributed by atoms with van der Waals surface area (Å²) in [5, 5.41) is 24.6. The molecule has 6 heteroatoms. The van der Waals surface area contributed by atoms with E-state index in [1.807, 2.05) is 0 Å². The molecule has 3 rings (SSSR count). The second-order valence-corrected chi connectivity index (χ2v) is 4.91. The predicted octanol–water partition coefficient (Wildman–Crippen LogP) is 3.71. The summed E-state index contributed by atoms with van der Waals surface area (Å²) < 4.78 is 0. The molecule has 0 heterocycles. The molecule has 0 spiro atoms. The monoisotopic (exact) mass is 308 g/mol. The van der Waals surface area contributed by atoms with Crippen molar-refractivity contribution in [3.63, 3.8) is 0 Å². The highest BCUT2D eigenvalue weighted by atomic mass is 16.6. The molecular formula is C17H12N2O4. The molecule has 3 aromatic carbocycles. The number of rotatable bonds is 3. The van der Waals surface area contributed by atoms with E-state index < -0.39 is 4.92 Å². The number of non-ortho nitro benzene ring substituents is 1. The third-order valence-corrected chi connectivity index (χ3v) is 3.49. The Bertz CT molecular complexity index is 907. The highest BCUT2D eigenvalue weighted by Gasteiger charge is 2.16. The van der Waals surface area contributed by atoms with Crippen LogP contribution in [0, 0.1) is 10.1 Å². The smallest absolute Gasteiger partial charge is 0.277 e. The molecule has 0 atom stereocenters. The largest absolute Gasteiger partial charge is 0.505 e. The first-order valence-corrected chi connectivity index (χ1v) is 6.83. The highest BCUT2D eigenvalue weighted by Crippen LogP contribution is 2.36. The van der Waals surface area contributed by atoms with Crippen LogP contribution < -0.4 is 5.32 Å². The maximum absolute atomic E-state index is 12.1. The fourth-order valence-corrected chi connectivity index (χ4v) is 2.37. The maximum Gasteiger partial charge on any atom is 0.277 e. The average Bonchev–Trinajstić information content (AvgIpc) is 2.57. The molecule has 1 amide bonds. The van der Waals surface area contributed by atoms with Crippen molar-refractivity contribution in [3.05, 3.63) is 76.3 Å². The van der Waals surface area contributed by atoms with Crippen LogP contribution in [-0.4, -0.2) is 15.9 Å². The van der Waals surface area contributed by atoms with Gasteiger partial charge < -0.3 is 10.4 Å². The number of nitrogens with one attached hydrogen (secondary N) is 1. The summed E-state index contributed by atoms with van der Waals surface area (Å²) in [6.45, 7) is 0.